The zero-order chi connectivity index (χ0) is 50.7. The van der Waals surface area contributed by atoms with Gasteiger partial charge < -0.3 is 42.6 Å². The van der Waals surface area contributed by atoms with Gasteiger partial charge in [0.05, 0.1) is 45.6 Å². The zero-order valence-electron chi connectivity index (χ0n) is 45.3. The summed E-state index contributed by atoms with van der Waals surface area (Å²) in [4.78, 5) is 36.4. The number of benzene rings is 1. The van der Waals surface area contributed by atoms with E-state index in [4.69, 9.17) is 42.6 Å². The lowest BCUT2D eigenvalue weighted by Gasteiger charge is -2.37. The Morgan fingerprint density at radius 2 is 0.789 bits per heavy atom. The Bertz CT molecular complexity index is 1570. The van der Waals surface area contributed by atoms with E-state index in [9.17, 15) is 14.4 Å². The summed E-state index contributed by atoms with van der Waals surface area (Å²) in [6, 6.07) is 7.90. The van der Waals surface area contributed by atoms with E-state index >= 15 is 0 Å². The molecule has 9 rings (SSSR count). The largest absolute Gasteiger partial charge is 0.459 e. The van der Waals surface area contributed by atoms with Crippen LogP contribution in [0.1, 0.15) is 195 Å². The second-order valence-corrected chi connectivity index (χ2v) is 23.2. The molecule has 3 saturated heterocycles. The average molecular weight is 997 g/mol. The van der Waals surface area contributed by atoms with Gasteiger partial charge in [-0.15, -0.1) is 0 Å². The van der Waals surface area contributed by atoms with Gasteiger partial charge in [0.25, 0.3) is 12.6 Å². The van der Waals surface area contributed by atoms with Crippen molar-refractivity contribution in [1.82, 2.24) is 0 Å². The van der Waals surface area contributed by atoms with Gasteiger partial charge in [0.15, 0.2) is 6.29 Å². The summed E-state index contributed by atoms with van der Waals surface area (Å²) in [5, 5.41) is 0. The van der Waals surface area contributed by atoms with Crippen LogP contribution in [-0.4, -0.2) is 88.6 Å². The van der Waals surface area contributed by atoms with Crippen molar-refractivity contribution in [2.24, 2.45) is 59.2 Å². The summed E-state index contributed by atoms with van der Waals surface area (Å²) in [5.41, 5.74) is 1.34. The molecule has 5 saturated carbocycles. The molecule has 0 radical (unpaired) electrons. The monoisotopic (exact) mass is 997 g/mol. The molecular weight excluding hydrogens is 901 g/mol. The van der Waals surface area contributed by atoms with Crippen molar-refractivity contribution in [3.05, 3.63) is 29.8 Å². The SMILES string of the molecule is CC.CC1CCC(C(=O)OC2COC(C3CCC(C)CC3)OC2)CC1.CC1CCC(C2CCC(OC(=O)C3OCC(C)CO3)CC2)CC1.CC1CCC(c2ccc(OC(=O)C3OCC(C)CO3)cc2)CC1. The van der Waals surface area contributed by atoms with Gasteiger partial charge in [-0.25, -0.2) is 9.59 Å². The fourth-order valence-electron chi connectivity index (χ4n) is 11.8. The Hall–Kier alpha value is -2.61. The van der Waals surface area contributed by atoms with E-state index < -0.39 is 18.5 Å². The van der Waals surface area contributed by atoms with Crippen LogP contribution in [0.4, 0.5) is 0 Å². The molecule has 1 aromatic rings. The lowest BCUT2D eigenvalue weighted by Crippen LogP contribution is -2.43. The number of hydrogen-bond acceptors (Lipinski definition) is 12. The quantitative estimate of drug-likeness (QED) is 0.172. The average Bonchev–Trinajstić information content (AvgIpc) is 3.39. The van der Waals surface area contributed by atoms with Crippen molar-refractivity contribution < 1.29 is 57.0 Å². The molecule has 0 bridgehead atoms. The third kappa shape index (κ3) is 18.9. The van der Waals surface area contributed by atoms with Crippen LogP contribution in [0.15, 0.2) is 24.3 Å². The van der Waals surface area contributed by atoms with Crippen molar-refractivity contribution in [2.75, 3.05) is 39.6 Å². The first-order valence-electron chi connectivity index (χ1n) is 28.8. The Morgan fingerprint density at radius 1 is 0.394 bits per heavy atom. The van der Waals surface area contributed by atoms with Gasteiger partial charge in [0.2, 0.25) is 0 Å². The highest BCUT2D eigenvalue weighted by atomic mass is 16.7. The van der Waals surface area contributed by atoms with Gasteiger partial charge in [0.1, 0.15) is 18.0 Å². The number of hydrogen-bond donors (Lipinski definition) is 0. The fraction of sp³-hybridized carbons (Fsp3) is 0.847. The minimum absolute atomic E-state index is 0.0426. The summed E-state index contributed by atoms with van der Waals surface area (Å²) in [7, 11) is 0. The van der Waals surface area contributed by atoms with Crippen LogP contribution in [0, 0.1) is 59.2 Å². The summed E-state index contributed by atoms with van der Waals surface area (Å²) in [5.74, 6) is 6.73. The van der Waals surface area contributed by atoms with Gasteiger partial charge in [0, 0.05) is 17.8 Å². The maximum absolute atomic E-state index is 12.3. The Kier molecular flexibility index (Phi) is 24.4. The second kappa shape index (κ2) is 30.1. The number of rotatable bonds is 9. The molecule has 71 heavy (non-hydrogen) atoms. The van der Waals surface area contributed by atoms with Gasteiger partial charge in [-0.3, -0.25) is 4.79 Å². The molecule has 1 aromatic carbocycles. The Balaban J connectivity index is 0.000000171. The lowest BCUT2D eigenvalue weighted by molar-refractivity contribution is -0.248. The number of carbonyl (C=O) groups excluding carboxylic acids is 3. The molecule has 8 aliphatic rings. The van der Waals surface area contributed by atoms with Crippen LogP contribution in [0.2, 0.25) is 0 Å². The number of ether oxygens (including phenoxy) is 9. The molecule has 0 amide bonds. The van der Waals surface area contributed by atoms with Crippen LogP contribution in [0.5, 0.6) is 5.75 Å². The van der Waals surface area contributed by atoms with Gasteiger partial charge in [-0.05, 0) is 149 Å². The van der Waals surface area contributed by atoms with E-state index in [2.05, 4.69) is 46.8 Å². The van der Waals surface area contributed by atoms with E-state index in [1.807, 2.05) is 32.9 Å². The van der Waals surface area contributed by atoms with Gasteiger partial charge in [-0.1, -0.05) is 106 Å². The zero-order valence-corrected chi connectivity index (χ0v) is 45.3. The van der Waals surface area contributed by atoms with Crippen molar-refractivity contribution >= 4 is 17.9 Å². The maximum Gasteiger partial charge on any atom is 0.368 e. The summed E-state index contributed by atoms with van der Waals surface area (Å²) < 4.78 is 49.9. The van der Waals surface area contributed by atoms with Gasteiger partial charge >= 0.3 is 17.9 Å². The Morgan fingerprint density at radius 3 is 1.27 bits per heavy atom. The standard InChI is InChI=1S/2C19H32O4.C19H26O4.C2H6/c1-13-3-7-15(8-4-13)18(20)23-17-11-21-19(22-12-17)16-9-5-14(2)6-10-16;2*1-13-3-5-15(6-4-13)16-7-9-17(10-8-16)23-18(20)19-21-11-14(2)12-22-19;1-2/h2*13-17,19H,3-12H2,1-2H3;7-10,13-15,19H,3-6,11-12H2,1-2H3;1-2H3. The van der Waals surface area contributed by atoms with Crippen LogP contribution >= 0.6 is 0 Å². The molecule has 0 spiro atoms. The Labute approximate surface area is 428 Å². The molecular formula is C59H96O12. The summed E-state index contributed by atoms with van der Waals surface area (Å²) >= 11 is 0. The van der Waals surface area contributed by atoms with Crippen LogP contribution in [0.25, 0.3) is 0 Å². The molecule has 0 atom stereocenters. The highest BCUT2D eigenvalue weighted by molar-refractivity contribution is 5.76. The van der Waals surface area contributed by atoms with Gasteiger partial charge in [-0.2, -0.15) is 0 Å². The fourth-order valence-corrected chi connectivity index (χ4v) is 11.8. The molecule has 0 unspecified atom stereocenters. The van der Waals surface area contributed by atoms with E-state index in [-0.39, 0.29) is 36.4 Å². The van der Waals surface area contributed by atoms with Crippen LogP contribution < -0.4 is 4.74 Å². The molecule has 0 aromatic heterocycles. The summed E-state index contributed by atoms with van der Waals surface area (Å²) in [6.07, 6.45) is 22.3. The van der Waals surface area contributed by atoms with Crippen molar-refractivity contribution in [2.45, 2.75) is 221 Å². The smallest absolute Gasteiger partial charge is 0.368 e. The van der Waals surface area contributed by atoms with E-state index in [0.717, 1.165) is 74.0 Å². The minimum atomic E-state index is -0.897. The molecule has 12 heteroatoms. The molecule has 3 heterocycles. The highest BCUT2D eigenvalue weighted by Crippen LogP contribution is 2.41. The van der Waals surface area contributed by atoms with E-state index in [0.29, 0.717) is 69.1 Å². The molecule has 0 N–H and O–H groups in total. The predicted molar refractivity (Wildman–Crippen MR) is 274 cm³/mol. The van der Waals surface area contributed by atoms with Crippen LogP contribution in [0.3, 0.4) is 0 Å². The molecule has 5 aliphatic carbocycles. The minimum Gasteiger partial charge on any atom is -0.459 e. The molecule has 3 aliphatic heterocycles. The highest BCUT2D eigenvalue weighted by Gasteiger charge is 2.36. The van der Waals surface area contributed by atoms with E-state index in [1.54, 1.807) is 0 Å². The van der Waals surface area contributed by atoms with Crippen molar-refractivity contribution in [3.8, 4) is 5.75 Å². The van der Waals surface area contributed by atoms with E-state index in [1.165, 1.54) is 95.5 Å². The molecule has 8 fully saturated rings. The lowest BCUT2D eigenvalue weighted by atomic mass is 9.71. The van der Waals surface area contributed by atoms with Crippen LogP contribution in [-0.2, 0) is 52.3 Å². The first-order valence-corrected chi connectivity index (χ1v) is 28.8. The first kappa shape index (κ1) is 57.7. The predicted octanol–water partition coefficient (Wildman–Crippen LogP) is 12.8. The normalized spacial score (nSPS) is 37.6. The number of carbonyl (C=O) groups is 3. The topological polar surface area (TPSA) is 134 Å². The molecule has 404 valence electrons. The van der Waals surface area contributed by atoms with Crippen molar-refractivity contribution in [3.63, 3.8) is 0 Å². The van der Waals surface area contributed by atoms with Crippen molar-refractivity contribution in [1.29, 1.82) is 0 Å². The number of esters is 3. The molecule has 12 nitrogen and oxygen atoms in total. The summed E-state index contributed by atoms with van der Waals surface area (Å²) in [6.45, 7) is 20.5. The third-order valence-electron chi connectivity index (χ3n) is 16.8. The second-order valence-electron chi connectivity index (χ2n) is 23.2. The third-order valence-corrected chi connectivity index (χ3v) is 16.8. The maximum atomic E-state index is 12.3. The first-order chi connectivity index (χ1) is 34.3.